The number of nitrogens with zero attached hydrogens (tertiary/aromatic N) is 2. The molecule has 0 aliphatic carbocycles. The summed E-state index contributed by atoms with van der Waals surface area (Å²) >= 11 is 6.03. The van der Waals surface area contributed by atoms with Crippen LogP contribution in [0.5, 0.6) is 0 Å². The summed E-state index contributed by atoms with van der Waals surface area (Å²) in [6.07, 6.45) is 1.25. The number of fused-ring (bicyclic) bond motifs is 1. The van der Waals surface area contributed by atoms with Crippen molar-refractivity contribution in [2.24, 2.45) is 5.14 Å². The number of hydrogen-bond donors (Lipinski definition) is 1. The average Bonchev–Trinajstić information content (AvgIpc) is 2.96. The fraction of sp³-hybridized carbons (Fsp3) is 0.350. The molecule has 0 saturated carbocycles. The fourth-order valence-electron chi connectivity index (χ4n) is 4.22. The lowest BCUT2D eigenvalue weighted by molar-refractivity contribution is 0.0571. The molecule has 7 nitrogen and oxygen atoms in total. The predicted octanol–water partition coefficient (Wildman–Crippen LogP) is 2.48. The molecule has 0 aromatic heterocycles. The molecule has 4 N–H and O–H groups in total. The number of rotatable bonds is 4. The maximum atomic E-state index is 13.1. The normalized spacial score (nSPS) is 19.5. The van der Waals surface area contributed by atoms with E-state index in [4.69, 9.17) is 16.7 Å². The van der Waals surface area contributed by atoms with Crippen molar-refractivity contribution < 1.29 is 23.1 Å². The Labute approximate surface area is 191 Å². The van der Waals surface area contributed by atoms with Crippen LogP contribution in [0.25, 0.3) is 0 Å². The molecule has 0 spiro atoms. The van der Waals surface area contributed by atoms with Gasteiger partial charge in [0, 0.05) is 41.8 Å². The van der Waals surface area contributed by atoms with Crippen LogP contribution < -0.4 is 5.14 Å². The van der Waals surface area contributed by atoms with Crippen LogP contribution in [0.3, 0.4) is 0 Å². The van der Waals surface area contributed by atoms with Crippen LogP contribution in [0.2, 0.25) is 5.02 Å². The van der Waals surface area contributed by atoms with E-state index >= 15 is 0 Å². The van der Waals surface area contributed by atoms with Gasteiger partial charge in [0.05, 0.1) is 0 Å². The smallest absolute Gasteiger partial charge is 0.255 e. The molecule has 1 amide bonds. The molecule has 2 heterocycles. The number of halogens is 3. The summed E-state index contributed by atoms with van der Waals surface area (Å²) < 4.78 is 37.8. The number of sulfonamides is 1. The van der Waals surface area contributed by atoms with Crippen LogP contribution in [0.4, 0.5) is 4.39 Å². The molecule has 1 saturated heterocycles. The van der Waals surface area contributed by atoms with Gasteiger partial charge in [0.1, 0.15) is 5.82 Å². The molecule has 11 heteroatoms. The van der Waals surface area contributed by atoms with Crippen molar-refractivity contribution in [2.45, 2.75) is 30.8 Å². The largest absolute Gasteiger partial charge is 0.412 e. The highest BCUT2D eigenvalue weighted by molar-refractivity contribution is 7.89. The average molecular weight is 492 g/mol. The summed E-state index contributed by atoms with van der Waals surface area (Å²) in [7, 11) is -4.03. The second-order valence-corrected chi connectivity index (χ2v) is 9.58. The van der Waals surface area contributed by atoms with E-state index in [9.17, 15) is 17.6 Å². The van der Waals surface area contributed by atoms with Crippen LogP contribution in [0.1, 0.15) is 39.7 Å². The summed E-state index contributed by atoms with van der Waals surface area (Å²) in [6, 6.07) is 10.8. The fourth-order valence-corrected chi connectivity index (χ4v) is 5.54. The molecule has 1 fully saturated rings. The Kier molecular flexibility index (Phi) is 8.07. The van der Waals surface area contributed by atoms with Gasteiger partial charge in [0.25, 0.3) is 5.91 Å². The van der Waals surface area contributed by atoms with Gasteiger partial charge in [0.2, 0.25) is 10.0 Å². The first kappa shape index (κ1) is 25.5. The highest BCUT2D eigenvalue weighted by atomic mass is 35.5. The second kappa shape index (κ2) is 9.81. The third-order valence-corrected chi connectivity index (χ3v) is 6.92. The first-order valence-corrected chi connectivity index (χ1v) is 11.3. The Hall–Kier alpha value is -1.75. The second-order valence-electron chi connectivity index (χ2n) is 7.52. The van der Waals surface area contributed by atoms with Gasteiger partial charge in [-0.3, -0.25) is 9.69 Å². The first-order chi connectivity index (χ1) is 13.7. The maximum absolute atomic E-state index is 13.1. The summed E-state index contributed by atoms with van der Waals surface area (Å²) in [4.78, 5) is 16.6. The predicted molar refractivity (Wildman–Crippen MR) is 119 cm³/mol. The minimum atomic E-state index is -4.03. The summed E-state index contributed by atoms with van der Waals surface area (Å²) in [5.41, 5.74) is 1.69. The van der Waals surface area contributed by atoms with Gasteiger partial charge in [-0.2, -0.15) is 0 Å². The zero-order chi connectivity index (χ0) is 20.8. The quantitative estimate of drug-likeness (QED) is 0.706. The van der Waals surface area contributed by atoms with E-state index in [2.05, 4.69) is 4.90 Å². The van der Waals surface area contributed by atoms with Crippen LogP contribution in [0.15, 0.2) is 42.5 Å². The lowest BCUT2D eigenvalue weighted by atomic mass is 10.0. The third kappa shape index (κ3) is 5.19. The van der Waals surface area contributed by atoms with Crippen LogP contribution in [-0.2, 0) is 16.6 Å². The number of hydrogen-bond acceptors (Lipinski definition) is 4. The molecule has 2 aliphatic heterocycles. The van der Waals surface area contributed by atoms with E-state index in [1.165, 1.54) is 23.1 Å². The van der Waals surface area contributed by atoms with Crippen molar-refractivity contribution in [1.82, 2.24) is 9.80 Å². The Balaban J connectivity index is 0.00000171. The lowest BCUT2D eigenvalue weighted by Gasteiger charge is -2.38. The summed E-state index contributed by atoms with van der Waals surface area (Å²) in [6.45, 7) is 2.07. The number of benzene rings is 2. The molecule has 2 aromatic rings. The molecule has 4 rings (SSSR count). The molecule has 1 unspecified atom stereocenters. The topological polar surface area (TPSA) is 115 Å². The molecular weight excluding hydrogens is 468 g/mol. The standard InChI is InChI=1S/C20H21ClFN3O3S.ClH.H2O/c21-14-3-6-17-18(11-14)20(29(23,27)28)25(19(17)26)16-7-9-24(10-8-16)12-13-1-4-15(22)5-2-13;;/h1-6,11,16,20H,7-10,12H2,(H2,23,27,28);1H;1H2. The van der Waals surface area contributed by atoms with Gasteiger partial charge in [-0.15, -0.1) is 12.4 Å². The molecule has 2 aliphatic rings. The molecule has 31 heavy (non-hydrogen) atoms. The van der Waals surface area contributed by atoms with Gasteiger partial charge in [-0.1, -0.05) is 23.7 Å². The van der Waals surface area contributed by atoms with Crippen molar-refractivity contribution in [3.05, 3.63) is 70.0 Å². The number of nitrogens with two attached hydrogens (primary N) is 1. The number of carbonyl (C=O) groups is 1. The van der Waals surface area contributed by atoms with E-state index < -0.39 is 15.4 Å². The molecule has 0 radical (unpaired) electrons. The Bertz CT molecular complexity index is 1040. The van der Waals surface area contributed by atoms with Crippen LogP contribution >= 0.6 is 24.0 Å². The van der Waals surface area contributed by atoms with Crippen LogP contribution in [-0.4, -0.2) is 48.7 Å². The van der Waals surface area contributed by atoms with Gasteiger partial charge in [-0.05, 0) is 48.7 Å². The van der Waals surface area contributed by atoms with Gasteiger partial charge in [0.15, 0.2) is 5.37 Å². The molecule has 170 valence electrons. The summed E-state index contributed by atoms with van der Waals surface area (Å²) in [5.74, 6) is -0.596. The number of likely N-dealkylation sites (tertiary alicyclic amines) is 1. The van der Waals surface area contributed by atoms with E-state index in [0.29, 0.717) is 48.6 Å². The van der Waals surface area contributed by atoms with Crippen molar-refractivity contribution in [2.75, 3.05) is 13.1 Å². The van der Waals surface area contributed by atoms with Gasteiger partial charge < -0.3 is 10.4 Å². The highest BCUT2D eigenvalue weighted by Crippen LogP contribution is 2.41. The molecular formula is C20H24Cl2FN3O4S. The van der Waals surface area contributed by atoms with Crippen molar-refractivity contribution in [1.29, 1.82) is 0 Å². The molecule has 0 bridgehead atoms. The highest BCUT2D eigenvalue weighted by Gasteiger charge is 2.46. The van der Waals surface area contributed by atoms with E-state index in [1.54, 1.807) is 24.3 Å². The molecule has 1 atom stereocenters. The lowest BCUT2D eigenvalue weighted by Crippen LogP contribution is -2.48. The summed E-state index contributed by atoms with van der Waals surface area (Å²) in [5, 5.41) is 4.65. The van der Waals surface area contributed by atoms with Crippen molar-refractivity contribution >= 4 is 39.9 Å². The Morgan fingerprint density at radius 1 is 1.10 bits per heavy atom. The zero-order valence-electron chi connectivity index (χ0n) is 16.5. The number of carbonyl (C=O) groups excluding carboxylic acids is 1. The third-order valence-electron chi connectivity index (χ3n) is 5.58. The minimum Gasteiger partial charge on any atom is -0.412 e. The monoisotopic (exact) mass is 491 g/mol. The first-order valence-electron chi connectivity index (χ1n) is 9.34. The van der Waals surface area contributed by atoms with Gasteiger partial charge in [-0.25, -0.2) is 17.9 Å². The maximum Gasteiger partial charge on any atom is 0.255 e. The number of primary sulfonamides is 1. The van der Waals surface area contributed by atoms with Gasteiger partial charge >= 0.3 is 0 Å². The van der Waals surface area contributed by atoms with Crippen molar-refractivity contribution in [3.63, 3.8) is 0 Å². The Morgan fingerprint density at radius 3 is 2.29 bits per heavy atom. The minimum absolute atomic E-state index is 0. The SMILES string of the molecule is Cl.NS(=O)(=O)C1c2cc(Cl)ccc2C(=O)N1C1CCN(Cc2ccc(F)cc2)CC1.O. The zero-order valence-corrected chi connectivity index (χ0v) is 18.9. The number of piperidine rings is 1. The van der Waals surface area contributed by atoms with E-state index in [0.717, 1.165) is 5.56 Å². The van der Waals surface area contributed by atoms with Crippen molar-refractivity contribution in [3.8, 4) is 0 Å². The Morgan fingerprint density at radius 2 is 1.71 bits per heavy atom. The molecule has 2 aromatic carbocycles. The van der Waals surface area contributed by atoms with E-state index in [-0.39, 0.29) is 35.6 Å². The van der Waals surface area contributed by atoms with Crippen LogP contribution in [0, 0.1) is 5.82 Å². The number of amides is 1. The van der Waals surface area contributed by atoms with E-state index in [1.807, 2.05) is 0 Å².